The summed E-state index contributed by atoms with van der Waals surface area (Å²) in [6, 6.07) is 8.09. The van der Waals surface area contributed by atoms with Crippen molar-refractivity contribution in [3.63, 3.8) is 0 Å². The lowest BCUT2D eigenvalue weighted by Crippen LogP contribution is -2.42. The molecule has 0 saturated carbocycles. The molecule has 0 aliphatic carbocycles. The molecule has 1 aliphatic rings. The zero-order valence-corrected chi connectivity index (χ0v) is 20.7. The number of halogens is 2. The van der Waals surface area contributed by atoms with E-state index in [1.54, 1.807) is 22.4 Å². The molecular weight excluding hydrogens is 502 g/mol. The molecule has 0 spiro atoms. The predicted octanol–water partition coefficient (Wildman–Crippen LogP) is 6.55. The van der Waals surface area contributed by atoms with Crippen molar-refractivity contribution in [1.29, 1.82) is 0 Å². The van der Waals surface area contributed by atoms with Crippen LogP contribution in [0.2, 0.25) is 5.28 Å². The first-order chi connectivity index (χ1) is 14.7. The fourth-order valence-corrected chi connectivity index (χ4v) is 5.22. The Bertz CT molecular complexity index is 1120. The third-order valence-corrected chi connectivity index (χ3v) is 6.77. The molecule has 1 aliphatic heterocycles. The van der Waals surface area contributed by atoms with Crippen molar-refractivity contribution in [2.24, 2.45) is 0 Å². The number of fused-ring (bicyclic) bond motifs is 1. The number of nitrogens with zero attached hydrogens (tertiary/aromatic N) is 3. The first-order valence-corrected chi connectivity index (χ1v) is 12.0. The summed E-state index contributed by atoms with van der Waals surface area (Å²) in [6.07, 6.45) is 3.25. The first-order valence-electron chi connectivity index (χ1n) is 10.0. The van der Waals surface area contributed by atoms with Crippen LogP contribution in [-0.2, 0) is 4.74 Å². The van der Waals surface area contributed by atoms with Crippen molar-refractivity contribution in [3.8, 4) is 16.3 Å². The zero-order chi connectivity index (χ0) is 22.2. The Balaban J connectivity index is 1.47. The number of rotatable bonds is 4. The quantitative estimate of drug-likeness (QED) is 0.362. The summed E-state index contributed by atoms with van der Waals surface area (Å²) in [5.41, 5.74) is 0.262. The third-order valence-electron chi connectivity index (χ3n) is 4.88. The highest BCUT2D eigenvalue weighted by Gasteiger charge is 2.32. The highest BCUT2D eigenvalue weighted by molar-refractivity contribution is 9.10. The third kappa shape index (κ3) is 5.30. The van der Waals surface area contributed by atoms with Crippen LogP contribution < -0.4 is 4.74 Å². The molecule has 6 nitrogen and oxygen atoms in total. The van der Waals surface area contributed by atoms with Gasteiger partial charge in [-0.1, -0.05) is 0 Å². The summed E-state index contributed by atoms with van der Waals surface area (Å²) >= 11 is 11.1. The molecule has 164 valence electrons. The van der Waals surface area contributed by atoms with E-state index < -0.39 is 5.60 Å². The van der Waals surface area contributed by atoms with Crippen molar-refractivity contribution in [3.05, 3.63) is 40.2 Å². The van der Waals surface area contributed by atoms with Crippen LogP contribution in [0.15, 0.2) is 34.9 Å². The van der Waals surface area contributed by atoms with Gasteiger partial charge in [0.2, 0.25) is 5.28 Å². The first kappa shape index (κ1) is 22.3. The number of carbonyl (C=O) groups is 1. The van der Waals surface area contributed by atoms with Gasteiger partial charge in [0.05, 0.1) is 21.1 Å². The lowest BCUT2D eigenvalue weighted by molar-refractivity contribution is 0.0187. The minimum atomic E-state index is -0.504. The molecule has 3 heterocycles. The average Bonchev–Trinajstić information content (AvgIpc) is 3.33. The molecule has 1 aromatic carbocycles. The normalized spacial score (nSPS) is 16.7. The van der Waals surface area contributed by atoms with E-state index >= 15 is 0 Å². The molecule has 0 N–H and O–H groups in total. The van der Waals surface area contributed by atoms with Crippen LogP contribution >= 0.6 is 38.9 Å². The smallest absolute Gasteiger partial charge is 0.410 e. The number of hydrogen-bond acceptors (Lipinski definition) is 6. The van der Waals surface area contributed by atoms with Crippen LogP contribution in [0.3, 0.4) is 0 Å². The Morgan fingerprint density at radius 1 is 1.35 bits per heavy atom. The molecule has 1 atom stereocenters. The Labute approximate surface area is 198 Å². The SMILES string of the molecule is CC(C)(C)OC(=O)N1CCCC1COc1ccc2sc(-c3nc(Cl)ncc3Br)cc2c1. The second-order valence-corrected chi connectivity index (χ2v) is 10.7. The Kier molecular flexibility index (Phi) is 6.42. The van der Waals surface area contributed by atoms with Crippen molar-refractivity contribution < 1.29 is 14.3 Å². The standard InChI is InChI=1S/C22H23BrClN3O3S/c1-22(2,3)30-21(28)27-8-4-5-14(27)12-29-15-6-7-17-13(9-15)10-18(31-17)19-16(23)11-25-20(24)26-19/h6-7,9-11,14H,4-5,8,12H2,1-3H3. The molecule has 9 heteroatoms. The Hall–Kier alpha value is -1.90. The fraction of sp³-hybridized carbons (Fsp3) is 0.409. The number of benzene rings is 1. The predicted molar refractivity (Wildman–Crippen MR) is 127 cm³/mol. The number of carbonyl (C=O) groups excluding carboxylic acids is 1. The van der Waals surface area contributed by atoms with Crippen LogP contribution in [0.5, 0.6) is 5.75 Å². The summed E-state index contributed by atoms with van der Waals surface area (Å²) in [6.45, 7) is 6.78. The molecular formula is C22H23BrClN3O3S. The van der Waals surface area contributed by atoms with E-state index in [9.17, 15) is 4.79 Å². The van der Waals surface area contributed by atoms with Gasteiger partial charge in [-0.25, -0.2) is 14.8 Å². The number of thiophene rings is 1. The van der Waals surface area contributed by atoms with Gasteiger partial charge in [0, 0.05) is 17.4 Å². The summed E-state index contributed by atoms with van der Waals surface area (Å²) in [5, 5.41) is 1.28. The van der Waals surface area contributed by atoms with Crippen LogP contribution in [0.25, 0.3) is 20.7 Å². The largest absolute Gasteiger partial charge is 0.491 e. The Morgan fingerprint density at radius 2 is 2.16 bits per heavy atom. The molecule has 1 saturated heterocycles. The highest BCUT2D eigenvalue weighted by atomic mass is 79.9. The molecule has 0 bridgehead atoms. The van der Waals surface area contributed by atoms with Gasteiger partial charge >= 0.3 is 6.09 Å². The van der Waals surface area contributed by atoms with Crippen LogP contribution in [0.4, 0.5) is 4.79 Å². The van der Waals surface area contributed by atoms with E-state index in [0.29, 0.717) is 13.2 Å². The van der Waals surface area contributed by atoms with Crippen LogP contribution in [0, 0.1) is 0 Å². The average molecular weight is 525 g/mol. The molecule has 4 rings (SSSR count). The van der Waals surface area contributed by atoms with Crippen molar-refractivity contribution in [1.82, 2.24) is 14.9 Å². The van der Waals surface area contributed by atoms with Gasteiger partial charge in [-0.3, -0.25) is 0 Å². The van der Waals surface area contributed by atoms with E-state index in [1.165, 1.54) is 0 Å². The van der Waals surface area contributed by atoms with Crippen LogP contribution in [0.1, 0.15) is 33.6 Å². The highest BCUT2D eigenvalue weighted by Crippen LogP contribution is 2.37. The zero-order valence-electron chi connectivity index (χ0n) is 17.5. The van der Waals surface area contributed by atoms with Crippen molar-refractivity contribution >= 4 is 55.0 Å². The van der Waals surface area contributed by atoms with E-state index in [4.69, 9.17) is 21.1 Å². The molecule has 1 unspecified atom stereocenters. The van der Waals surface area contributed by atoms with Crippen molar-refractivity contribution in [2.75, 3.05) is 13.2 Å². The van der Waals surface area contributed by atoms with E-state index in [-0.39, 0.29) is 17.4 Å². The van der Waals surface area contributed by atoms with Gasteiger partial charge in [-0.05, 0) is 90.8 Å². The molecule has 2 aromatic heterocycles. The number of amides is 1. The number of likely N-dealkylation sites (tertiary alicyclic amines) is 1. The second-order valence-electron chi connectivity index (χ2n) is 8.43. The van der Waals surface area contributed by atoms with E-state index in [2.05, 4.69) is 32.0 Å². The maximum Gasteiger partial charge on any atom is 0.410 e. The van der Waals surface area contributed by atoms with Gasteiger partial charge in [-0.15, -0.1) is 11.3 Å². The summed E-state index contributed by atoms with van der Waals surface area (Å²) in [4.78, 5) is 23.6. The molecule has 0 radical (unpaired) electrons. The maximum absolute atomic E-state index is 12.5. The number of aromatic nitrogens is 2. The van der Waals surface area contributed by atoms with Gasteiger partial charge in [0.25, 0.3) is 0 Å². The van der Waals surface area contributed by atoms with Gasteiger partial charge < -0.3 is 14.4 Å². The minimum absolute atomic E-state index is 0.0164. The lowest BCUT2D eigenvalue weighted by Gasteiger charge is -2.28. The van der Waals surface area contributed by atoms with Gasteiger partial charge in [-0.2, -0.15) is 0 Å². The van der Waals surface area contributed by atoms with Gasteiger partial charge in [0.1, 0.15) is 18.0 Å². The number of ether oxygens (including phenoxy) is 2. The lowest BCUT2D eigenvalue weighted by atomic mass is 10.2. The van der Waals surface area contributed by atoms with Crippen LogP contribution in [-0.4, -0.2) is 45.8 Å². The van der Waals surface area contributed by atoms with Crippen molar-refractivity contribution in [2.45, 2.75) is 45.3 Å². The second kappa shape index (κ2) is 8.92. The summed E-state index contributed by atoms with van der Waals surface area (Å²) in [7, 11) is 0. The Morgan fingerprint density at radius 3 is 2.94 bits per heavy atom. The minimum Gasteiger partial charge on any atom is -0.491 e. The monoisotopic (exact) mass is 523 g/mol. The molecule has 1 fully saturated rings. The summed E-state index contributed by atoms with van der Waals surface area (Å²) in [5.74, 6) is 0.771. The molecule has 3 aromatic rings. The topological polar surface area (TPSA) is 64.5 Å². The molecule has 31 heavy (non-hydrogen) atoms. The maximum atomic E-state index is 12.5. The van der Waals surface area contributed by atoms with Gasteiger partial charge in [0.15, 0.2) is 0 Å². The molecule has 1 amide bonds. The fourth-order valence-electron chi connectivity index (χ4n) is 3.51. The van der Waals surface area contributed by atoms with E-state index in [1.807, 2.05) is 39.0 Å². The van der Waals surface area contributed by atoms with E-state index in [0.717, 1.165) is 43.7 Å². The summed E-state index contributed by atoms with van der Waals surface area (Å²) < 4.78 is 13.5. The number of hydrogen-bond donors (Lipinski definition) is 0.